The van der Waals surface area contributed by atoms with Crippen LogP contribution in [0.25, 0.3) is 16.9 Å². The van der Waals surface area contributed by atoms with Gasteiger partial charge in [0.25, 0.3) is 0 Å². The van der Waals surface area contributed by atoms with E-state index in [2.05, 4.69) is 15.0 Å². The van der Waals surface area contributed by atoms with Gasteiger partial charge in [-0.25, -0.2) is 14.4 Å². The fourth-order valence-electron chi connectivity index (χ4n) is 2.19. The van der Waals surface area contributed by atoms with Crippen LogP contribution in [0.4, 0.5) is 4.39 Å². The molecule has 3 rings (SSSR count). The van der Waals surface area contributed by atoms with Gasteiger partial charge in [0.05, 0.1) is 13.0 Å². The van der Waals surface area contributed by atoms with Crippen molar-refractivity contribution < 1.29 is 9.13 Å². The molecule has 0 fully saturated rings. The van der Waals surface area contributed by atoms with Crippen molar-refractivity contribution in [3.05, 3.63) is 41.7 Å². The third-order valence-electron chi connectivity index (χ3n) is 3.19. The lowest BCUT2D eigenvalue weighted by atomic mass is 10.2. The molecule has 108 valence electrons. The van der Waals surface area contributed by atoms with Gasteiger partial charge in [-0.1, -0.05) is 0 Å². The first kappa shape index (κ1) is 13.8. The normalized spacial score (nSPS) is 11.0. The van der Waals surface area contributed by atoms with Crippen molar-refractivity contribution in [2.75, 3.05) is 7.11 Å². The number of aryl methyl sites for hydroxylation is 1. The highest BCUT2D eigenvalue weighted by molar-refractivity contribution is 6.17. The zero-order valence-corrected chi connectivity index (χ0v) is 12.2. The highest BCUT2D eigenvalue weighted by Gasteiger charge is 2.17. The number of alkyl halides is 1. The largest absolute Gasteiger partial charge is 0.479 e. The minimum Gasteiger partial charge on any atom is -0.479 e. The summed E-state index contributed by atoms with van der Waals surface area (Å²) in [5, 5.41) is 0. The maximum atomic E-state index is 13.5. The molecule has 0 bridgehead atoms. The van der Waals surface area contributed by atoms with E-state index in [1.807, 2.05) is 0 Å². The van der Waals surface area contributed by atoms with Gasteiger partial charge in [-0.2, -0.15) is 4.98 Å². The van der Waals surface area contributed by atoms with Crippen molar-refractivity contribution in [2.45, 2.75) is 12.8 Å². The van der Waals surface area contributed by atoms with Crippen LogP contribution in [-0.2, 0) is 5.88 Å². The Hall–Kier alpha value is -2.21. The van der Waals surface area contributed by atoms with Crippen LogP contribution in [0.2, 0.25) is 0 Å². The number of benzene rings is 1. The number of rotatable bonds is 3. The summed E-state index contributed by atoms with van der Waals surface area (Å²) in [4.78, 5) is 12.7. The third kappa shape index (κ3) is 2.21. The molecule has 0 radical (unpaired) electrons. The van der Waals surface area contributed by atoms with Crippen LogP contribution in [0.15, 0.2) is 24.5 Å². The number of methoxy groups -OCH3 is 1. The van der Waals surface area contributed by atoms with E-state index in [9.17, 15) is 4.39 Å². The lowest BCUT2D eigenvalue weighted by Gasteiger charge is -2.08. The van der Waals surface area contributed by atoms with Crippen LogP contribution in [0.1, 0.15) is 11.4 Å². The molecule has 0 aliphatic carbocycles. The minimum absolute atomic E-state index is 0.190. The van der Waals surface area contributed by atoms with E-state index in [1.54, 1.807) is 23.6 Å². The fourth-order valence-corrected chi connectivity index (χ4v) is 2.37. The first-order valence-electron chi connectivity index (χ1n) is 6.24. The maximum absolute atomic E-state index is 13.5. The molecule has 0 aliphatic heterocycles. The van der Waals surface area contributed by atoms with Gasteiger partial charge in [0.1, 0.15) is 18.0 Å². The van der Waals surface area contributed by atoms with Gasteiger partial charge in [0.2, 0.25) is 5.88 Å². The summed E-state index contributed by atoms with van der Waals surface area (Å²) in [5.41, 5.74) is 2.38. The second kappa shape index (κ2) is 5.29. The van der Waals surface area contributed by atoms with E-state index < -0.39 is 0 Å². The molecule has 21 heavy (non-hydrogen) atoms. The summed E-state index contributed by atoms with van der Waals surface area (Å²) in [5.74, 6) is 0.902. The number of aromatic nitrogens is 4. The van der Waals surface area contributed by atoms with Crippen molar-refractivity contribution in [3.63, 3.8) is 0 Å². The molecule has 3 aromatic rings. The SMILES string of the molecule is COc1ncnc2c1nc(CCl)n2-c1ccc(F)c(C)c1. The second-order valence-corrected chi connectivity index (χ2v) is 4.75. The summed E-state index contributed by atoms with van der Waals surface area (Å²) < 4.78 is 20.4. The van der Waals surface area contributed by atoms with Gasteiger partial charge in [-0.3, -0.25) is 4.57 Å². The molecule has 0 aliphatic rings. The van der Waals surface area contributed by atoms with Gasteiger partial charge in [-0.05, 0) is 30.7 Å². The summed E-state index contributed by atoms with van der Waals surface area (Å²) in [6.45, 7) is 1.70. The Balaban J connectivity index is 2.32. The van der Waals surface area contributed by atoms with Crippen molar-refractivity contribution in [2.24, 2.45) is 0 Å². The first-order valence-corrected chi connectivity index (χ1v) is 6.78. The first-order chi connectivity index (χ1) is 10.2. The summed E-state index contributed by atoms with van der Waals surface area (Å²) in [6, 6.07) is 4.79. The molecule has 0 atom stereocenters. The lowest BCUT2D eigenvalue weighted by molar-refractivity contribution is 0.401. The Kier molecular flexibility index (Phi) is 3.47. The van der Waals surface area contributed by atoms with Crippen molar-refractivity contribution in [3.8, 4) is 11.6 Å². The minimum atomic E-state index is -0.261. The molecule has 0 saturated carbocycles. The molecule has 0 N–H and O–H groups in total. The smallest absolute Gasteiger partial charge is 0.245 e. The van der Waals surface area contributed by atoms with Gasteiger partial charge in [0.15, 0.2) is 11.2 Å². The van der Waals surface area contributed by atoms with E-state index in [-0.39, 0.29) is 11.7 Å². The van der Waals surface area contributed by atoms with Crippen LogP contribution in [0.5, 0.6) is 5.88 Å². The maximum Gasteiger partial charge on any atom is 0.245 e. The molecule has 0 spiro atoms. The number of fused-ring (bicyclic) bond motifs is 1. The van der Waals surface area contributed by atoms with E-state index in [1.165, 1.54) is 19.5 Å². The van der Waals surface area contributed by atoms with Gasteiger partial charge in [-0.15, -0.1) is 11.6 Å². The highest BCUT2D eigenvalue weighted by Crippen LogP contribution is 2.26. The average Bonchev–Trinajstić information content (AvgIpc) is 2.88. The third-order valence-corrected chi connectivity index (χ3v) is 3.43. The average molecular weight is 307 g/mol. The topological polar surface area (TPSA) is 52.8 Å². The number of hydrogen-bond acceptors (Lipinski definition) is 4. The summed E-state index contributed by atoms with van der Waals surface area (Å²) in [7, 11) is 1.52. The molecule has 1 aromatic carbocycles. The van der Waals surface area contributed by atoms with Crippen LogP contribution in [0.3, 0.4) is 0 Å². The molecule has 0 saturated heterocycles. The Bertz CT molecular complexity index is 818. The van der Waals surface area contributed by atoms with E-state index in [0.717, 1.165) is 5.69 Å². The molecule has 2 aromatic heterocycles. The molecular weight excluding hydrogens is 295 g/mol. The molecule has 0 unspecified atom stereocenters. The molecule has 0 amide bonds. The second-order valence-electron chi connectivity index (χ2n) is 4.49. The predicted octanol–water partition coefficient (Wildman–Crippen LogP) is 3.01. The standard InChI is InChI=1S/C14H12ClFN4O/c1-8-5-9(3-4-10(8)16)20-11(6-15)19-12-13(20)17-7-18-14(12)21-2/h3-5,7H,6H2,1-2H3. The van der Waals surface area contributed by atoms with E-state index in [4.69, 9.17) is 16.3 Å². The van der Waals surface area contributed by atoms with Crippen LogP contribution in [-0.4, -0.2) is 26.6 Å². The van der Waals surface area contributed by atoms with Crippen molar-refractivity contribution >= 4 is 22.8 Å². The van der Waals surface area contributed by atoms with Gasteiger partial charge in [0, 0.05) is 5.69 Å². The number of nitrogens with zero attached hydrogens (tertiary/aromatic N) is 4. The molecule has 2 heterocycles. The van der Waals surface area contributed by atoms with Crippen molar-refractivity contribution in [1.29, 1.82) is 0 Å². The van der Waals surface area contributed by atoms with E-state index >= 15 is 0 Å². The Labute approximate surface area is 125 Å². The molecule has 7 heteroatoms. The summed E-state index contributed by atoms with van der Waals surface area (Å²) in [6.07, 6.45) is 1.40. The lowest BCUT2D eigenvalue weighted by Crippen LogP contribution is -2.01. The predicted molar refractivity (Wildman–Crippen MR) is 77.5 cm³/mol. The highest BCUT2D eigenvalue weighted by atomic mass is 35.5. The number of imidazole rings is 1. The van der Waals surface area contributed by atoms with Crippen LogP contribution in [0, 0.1) is 12.7 Å². The summed E-state index contributed by atoms with van der Waals surface area (Å²) >= 11 is 5.97. The fraction of sp³-hybridized carbons (Fsp3) is 0.214. The number of hydrogen-bond donors (Lipinski definition) is 0. The van der Waals surface area contributed by atoms with E-state index in [0.29, 0.717) is 28.4 Å². The molecule has 5 nitrogen and oxygen atoms in total. The Morgan fingerprint density at radius 2 is 2.14 bits per heavy atom. The zero-order chi connectivity index (χ0) is 15.0. The zero-order valence-electron chi connectivity index (χ0n) is 11.5. The monoisotopic (exact) mass is 306 g/mol. The number of halogens is 2. The van der Waals surface area contributed by atoms with Crippen molar-refractivity contribution in [1.82, 2.24) is 19.5 Å². The van der Waals surface area contributed by atoms with Crippen LogP contribution < -0.4 is 4.74 Å². The Morgan fingerprint density at radius 3 is 2.81 bits per heavy atom. The Morgan fingerprint density at radius 1 is 1.33 bits per heavy atom. The quantitative estimate of drug-likeness (QED) is 0.698. The molecular formula is C14H12ClFN4O. The van der Waals surface area contributed by atoms with Crippen LogP contribution >= 0.6 is 11.6 Å². The van der Waals surface area contributed by atoms with Gasteiger partial charge >= 0.3 is 0 Å². The van der Waals surface area contributed by atoms with Gasteiger partial charge < -0.3 is 4.74 Å². The number of ether oxygens (including phenoxy) is 1.